The van der Waals surface area contributed by atoms with Gasteiger partial charge < -0.3 is 19.7 Å². The molecule has 0 bridgehead atoms. The predicted octanol–water partition coefficient (Wildman–Crippen LogP) is -1.39. The highest BCUT2D eigenvalue weighted by atomic mass is 16.5. The van der Waals surface area contributed by atoms with Crippen molar-refractivity contribution in [3.63, 3.8) is 0 Å². The molecule has 0 aromatic carbocycles. The minimum atomic E-state index is -1.66. The lowest BCUT2D eigenvalue weighted by Gasteiger charge is -2.15. The molecule has 6 nitrogen and oxygen atoms in total. The highest BCUT2D eigenvalue weighted by Gasteiger charge is 2.20. The standard InChI is InChI=1S/C9H13BN2O4/c1-12(2)8-7(9(13)16-3)4-6(5-11-8)10(14)15/h4-5,14-15H,1-3H3. The van der Waals surface area contributed by atoms with Gasteiger partial charge in [-0.3, -0.25) is 0 Å². The zero-order valence-electron chi connectivity index (χ0n) is 9.34. The molecule has 0 unspecified atom stereocenters. The summed E-state index contributed by atoms with van der Waals surface area (Å²) in [7, 11) is 3.05. The van der Waals surface area contributed by atoms with E-state index in [2.05, 4.69) is 9.72 Å². The Hall–Kier alpha value is -1.60. The second-order valence-electron chi connectivity index (χ2n) is 3.40. The molecule has 0 aliphatic carbocycles. The Balaban J connectivity index is 3.26. The summed E-state index contributed by atoms with van der Waals surface area (Å²) in [4.78, 5) is 17.1. The summed E-state index contributed by atoms with van der Waals surface area (Å²) in [5.74, 6) is -0.157. The summed E-state index contributed by atoms with van der Waals surface area (Å²) in [5, 5.41) is 18.0. The van der Waals surface area contributed by atoms with E-state index < -0.39 is 13.1 Å². The van der Waals surface area contributed by atoms with E-state index in [-0.39, 0.29) is 11.0 Å². The Labute approximate surface area is 93.6 Å². The molecule has 1 rings (SSSR count). The second-order valence-corrected chi connectivity index (χ2v) is 3.40. The Kier molecular flexibility index (Phi) is 3.86. The number of nitrogens with zero attached hydrogens (tertiary/aromatic N) is 2. The number of pyridine rings is 1. The normalized spacial score (nSPS) is 9.81. The van der Waals surface area contributed by atoms with E-state index in [4.69, 9.17) is 10.0 Å². The minimum Gasteiger partial charge on any atom is -0.465 e. The third-order valence-electron chi connectivity index (χ3n) is 2.01. The fourth-order valence-electron chi connectivity index (χ4n) is 1.23. The first-order chi connectivity index (χ1) is 7.47. The smallest absolute Gasteiger partial charge is 0.465 e. The van der Waals surface area contributed by atoms with Crippen LogP contribution in [-0.4, -0.2) is 49.3 Å². The van der Waals surface area contributed by atoms with Crippen LogP contribution in [0.15, 0.2) is 12.3 Å². The molecular weight excluding hydrogens is 211 g/mol. The van der Waals surface area contributed by atoms with E-state index in [1.165, 1.54) is 19.4 Å². The number of ether oxygens (including phenoxy) is 1. The number of hydrogen-bond donors (Lipinski definition) is 2. The summed E-state index contributed by atoms with van der Waals surface area (Å²) < 4.78 is 4.59. The van der Waals surface area contributed by atoms with Crippen LogP contribution in [0.4, 0.5) is 5.82 Å². The zero-order valence-corrected chi connectivity index (χ0v) is 9.34. The molecule has 1 aromatic rings. The molecule has 0 saturated heterocycles. The van der Waals surface area contributed by atoms with Gasteiger partial charge in [-0.05, 0) is 6.07 Å². The quantitative estimate of drug-likeness (QED) is 0.486. The van der Waals surface area contributed by atoms with E-state index in [9.17, 15) is 4.79 Å². The van der Waals surface area contributed by atoms with E-state index >= 15 is 0 Å². The van der Waals surface area contributed by atoms with Gasteiger partial charge in [0.05, 0.1) is 7.11 Å². The molecule has 0 atom stereocenters. The average molecular weight is 224 g/mol. The molecule has 2 N–H and O–H groups in total. The number of aromatic nitrogens is 1. The van der Waals surface area contributed by atoms with Crippen molar-refractivity contribution in [3.8, 4) is 0 Å². The van der Waals surface area contributed by atoms with Crippen molar-refractivity contribution in [2.45, 2.75) is 0 Å². The maximum Gasteiger partial charge on any atom is 0.490 e. The van der Waals surface area contributed by atoms with Crippen LogP contribution in [0.2, 0.25) is 0 Å². The Bertz CT molecular complexity index is 395. The Morgan fingerprint density at radius 1 is 1.50 bits per heavy atom. The second kappa shape index (κ2) is 4.95. The monoisotopic (exact) mass is 224 g/mol. The Morgan fingerprint density at radius 2 is 2.12 bits per heavy atom. The van der Waals surface area contributed by atoms with Crippen molar-refractivity contribution in [3.05, 3.63) is 17.8 Å². The lowest BCUT2D eigenvalue weighted by Crippen LogP contribution is -2.32. The topological polar surface area (TPSA) is 82.9 Å². The third-order valence-corrected chi connectivity index (χ3v) is 2.01. The maximum atomic E-state index is 11.5. The first kappa shape index (κ1) is 12.5. The van der Waals surface area contributed by atoms with Gasteiger partial charge in [-0.1, -0.05) is 0 Å². The van der Waals surface area contributed by atoms with Gasteiger partial charge in [0, 0.05) is 25.8 Å². The minimum absolute atomic E-state index is 0.144. The summed E-state index contributed by atoms with van der Waals surface area (Å²) in [5.41, 5.74) is 0.337. The van der Waals surface area contributed by atoms with Crippen molar-refractivity contribution in [2.75, 3.05) is 26.1 Å². The van der Waals surface area contributed by atoms with Gasteiger partial charge in [0.25, 0.3) is 0 Å². The van der Waals surface area contributed by atoms with E-state index in [0.29, 0.717) is 5.82 Å². The van der Waals surface area contributed by atoms with Crippen molar-refractivity contribution in [1.29, 1.82) is 0 Å². The van der Waals surface area contributed by atoms with Crippen LogP contribution in [0.3, 0.4) is 0 Å². The molecule has 0 saturated carbocycles. The van der Waals surface area contributed by atoms with Crippen molar-refractivity contribution in [2.24, 2.45) is 0 Å². The molecule has 86 valence electrons. The molecule has 0 aliphatic heterocycles. The fraction of sp³-hybridized carbons (Fsp3) is 0.333. The fourth-order valence-corrected chi connectivity index (χ4v) is 1.23. The molecule has 0 amide bonds. The van der Waals surface area contributed by atoms with E-state index in [1.54, 1.807) is 19.0 Å². The van der Waals surface area contributed by atoms with Gasteiger partial charge in [0.2, 0.25) is 0 Å². The van der Waals surface area contributed by atoms with Crippen LogP contribution in [0.5, 0.6) is 0 Å². The molecule has 0 fully saturated rings. The molecule has 0 spiro atoms. The van der Waals surface area contributed by atoms with E-state index in [0.717, 1.165) is 0 Å². The average Bonchev–Trinajstić information content (AvgIpc) is 2.26. The number of rotatable bonds is 3. The zero-order chi connectivity index (χ0) is 12.3. The number of anilines is 1. The van der Waals surface area contributed by atoms with Crippen LogP contribution in [0.1, 0.15) is 10.4 Å². The molecule has 16 heavy (non-hydrogen) atoms. The summed E-state index contributed by atoms with van der Waals surface area (Å²) in [6.45, 7) is 0. The predicted molar refractivity (Wildman–Crippen MR) is 59.7 cm³/mol. The summed E-state index contributed by atoms with van der Waals surface area (Å²) in [6.07, 6.45) is 1.30. The van der Waals surface area contributed by atoms with Gasteiger partial charge >= 0.3 is 13.1 Å². The molecule has 7 heteroatoms. The van der Waals surface area contributed by atoms with Gasteiger partial charge in [-0.2, -0.15) is 0 Å². The van der Waals surface area contributed by atoms with Crippen molar-refractivity contribution in [1.82, 2.24) is 4.98 Å². The molecular formula is C9H13BN2O4. The first-order valence-corrected chi connectivity index (χ1v) is 4.59. The molecule has 0 radical (unpaired) electrons. The van der Waals surface area contributed by atoms with Crippen LogP contribution in [0, 0.1) is 0 Å². The molecule has 1 aromatic heterocycles. The highest BCUT2D eigenvalue weighted by molar-refractivity contribution is 6.58. The summed E-state index contributed by atoms with van der Waals surface area (Å²) in [6, 6.07) is 1.35. The molecule has 1 heterocycles. The number of hydrogen-bond acceptors (Lipinski definition) is 6. The first-order valence-electron chi connectivity index (χ1n) is 4.59. The van der Waals surface area contributed by atoms with E-state index in [1.807, 2.05) is 0 Å². The lowest BCUT2D eigenvalue weighted by molar-refractivity contribution is 0.0601. The highest BCUT2D eigenvalue weighted by Crippen LogP contribution is 2.14. The van der Waals surface area contributed by atoms with Crippen LogP contribution in [-0.2, 0) is 4.74 Å². The number of carbonyl (C=O) groups is 1. The van der Waals surface area contributed by atoms with Gasteiger partial charge in [-0.25, -0.2) is 9.78 Å². The molecule has 0 aliphatic rings. The van der Waals surface area contributed by atoms with Crippen molar-refractivity contribution >= 4 is 24.4 Å². The van der Waals surface area contributed by atoms with Crippen LogP contribution < -0.4 is 10.4 Å². The lowest BCUT2D eigenvalue weighted by atomic mass is 9.81. The van der Waals surface area contributed by atoms with Crippen molar-refractivity contribution < 1.29 is 19.6 Å². The van der Waals surface area contributed by atoms with Gasteiger partial charge in [0.1, 0.15) is 11.4 Å². The van der Waals surface area contributed by atoms with Gasteiger partial charge in [0.15, 0.2) is 0 Å². The third kappa shape index (κ3) is 2.50. The number of esters is 1. The summed E-state index contributed by atoms with van der Waals surface area (Å²) >= 11 is 0. The SMILES string of the molecule is COC(=O)c1cc(B(O)O)cnc1N(C)C. The Morgan fingerprint density at radius 3 is 2.56 bits per heavy atom. The van der Waals surface area contributed by atoms with Crippen LogP contribution in [0.25, 0.3) is 0 Å². The maximum absolute atomic E-state index is 11.5. The largest absolute Gasteiger partial charge is 0.490 e. The van der Waals surface area contributed by atoms with Crippen LogP contribution >= 0.6 is 0 Å². The number of carbonyl (C=O) groups excluding carboxylic acids is 1. The number of methoxy groups -OCH3 is 1. The van der Waals surface area contributed by atoms with Gasteiger partial charge in [-0.15, -0.1) is 0 Å².